The fourth-order valence-corrected chi connectivity index (χ4v) is 1.42. The van der Waals surface area contributed by atoms with Gasteiger partial charge >= 0.3 is 0 Å². The molecule has 1 heterocycles. The van der Waals surface area contributed by atoms with E-state index in [4.69, 9.17) is 16.3 Å². The molecule has 0 unspecified atom stereocenters. The smallest absolute Gasteiger partial charge is 0.225 e. The van der Waals surface area contributed by atoms with Crippen LogP contribution in [0.25, 0.3) is 0 Å². The van der Waals surface area contributed by atoms with E-state index in [0.717, 1.165) is 0 Å². The first-order valence-corrected chi connectivity index (χ1v) is 5.44. The van der Waals surface area contributed by atoms with Crippen LogP contribution in [0.5, 0.6) is 11.6 Å². The number of halogens is 3. The third-order valence-corrected chi connectivity index (χ3v) is 2.54. The average Bonchev–Trinajstić information content (AvgIpc) is 2.24. The maximum absolute atomic E-state index is 13.2. The van der Waals surface area contributed by atoms with Gasteiger partial charge in [0.2, 0.25) is 11.2 Å². The maximum Gasteiger partial charge on any atom is 0.225 e. The standard InChI is InChI=1S/C10H5BrClFN2O/c11-7-2-1-6(5-8(7)13)16-9-3-4-14-10(12)15-9/h1-5H. The molecule has 2 aromatic rings. The molecule has 0 amide bonds. The van der Waals surface area contributed by atoms with Crippen LogP contribution in [0.3, 0.4) is 0 Å². The number of aromatic nitrogens is 2. The fraction of sp³-hybridized carbons (Fsp3) is 0. The van der Waals surface area contributed by atoms with Crippen molar-refractivity contribution in [2.45, 2.75) is 0 Å². The first-order chi connectivity index (χ1) is 7.65. The van der Waals surface area contributed by atoms with Crippen LogP contribution in [0.1, 0.15) is 0 Å². The molecule has 6 heteroatoms. The molecular weight excluding hydrogens is 298 g/mol. The Labute approximate surface area is 104 Å². The minimum absolute atomic E-state index is 0.0788. The van der Waals surface area contributed by atoms with Crippen molar-refractivity contribution in [2.24, 2.45) is 0 Å². The Hall–Kier alpha value is -1.20. The minimum Gasteiger partial charge on any atom is -0.439 e. The highest BCUT2D eigenvalue weighted by Gasteiger charge is 2.04. The molecule has 16 heavy (non-hydrogen) atoms. The third kappa shape index (κ3) is 2.68. The van der Waals surface area contributed by atoms with Crippen molar-refractivity contribution in [3.8, 4) is 11.6 Å². The van der Waals surface area contributed by atoms with Gasteiger partial charge in [0.15, 0.2) is 0 Å². The summed E-state index contributed by atoms with van der Waals surface area (Å²) >= 11 is 8.63. The summed E-state index contributed by atoms with van der Waals surface area (Å²) in [7, 11) is 0. The lowest BCUT2D eigenvalue weighted by Crippen LogP contribution is -1.90. The summed E-state index contributed by atoms with van der Waals surface area (Å²) in [6.45, 7) is 0. The quantitative estimate of drug-likeness (QED) is 0.791. The van der Waals surface area contributed by atoms with E-state index < -0.39 is 5.82 Å². The van der Waals surface area contributed by atoms with Crippen molar-refractivity contribution in [1.29, 1.82) is 0 Å². The fourth-order valence-electron chi connectivity index (χ4n) is 1.04. The highest BCUT2D eigenvalue weighted by Crippen LogP contribution is 2.24. The van der Waals surface area contributed by atoms with E-state index in [1.165, 1.54) is 18.3 Å². The Balaban J connectivity index is 2.24. The normalized spacial score (nSPS) is 10.2. The molecule has 0 saturated carbocycles. The number of ether oxygens (including phenoxy) is 1. The molecule has 0 aliphatic heterocycles. The minimum atomic E-state index is -0.405. The van der Waals surface area contributed by atoms with E-state index in [2.05, 4.69) is 25.9 Å². The molecule has 1 aromatic heterocycles. The van der Waals surface area contributed by atoms with E-state index in [1.54, 1.807) is 12.1 Å². The molecular formula is C10H5BrClFN2O. The molecule has 0 fully saturated rings. The lowest BCUT2D eigenvalue weighted by molar-refractivity contribution is 0.456. The predicted molar refractivity (Wildman–Crippen MR) is 61.2 cm³/mol. The van der Waals surface area contributed by atoms with Crippen molar-refractivity contribution in [3.63, 3.8) is 0 Å². The van der Waals surface area contributed by atoms with Gasteiger partial charge in [0.1, 0.15) is 11.6 Å². The molecule has 0 saturated heterocycles. The van der Waals surface area contributed by atoms with Gasteiger partial charge in [0.25, 0.3) is 0 Å². The van der Waals surface area contributed by atoms with Crippen molar-refractivity contribution in [1.82, 2.24) is 9.97 Å². The van der Waals surface area contributed by atoms with Gasteiger partial charge in [-0.05, 0) is 39.7 Å². The van der Waals surface area contributed by atoms with Crippen molar-refractivity contribution in [2.75, 3.05) is 0 Å². The van der Waals surface area contributed by atoms with E-state index in [-0.39, 0.29) is 11.2 Å². The number of rotatable bonds is 2. The average molecular weight is 304 g/mol. The second kappa shape index (κ2) is 4.76. The molecule has 0 radical (unpaired) electrons. The second-order valence-electron chi connectivity index (χ2n) is 2.84. The van der Waals surface area contributed by atoms with E-state index >= 15 is 0 Å². The van der Waals surface area contributed by atoms with Crippen LogP contribution in [-0.4, -0.2) is 9.97 Å². The SMILES string of the molecule is Fc1cc(Oc2ccnc(Cl)n2)ccc1Br. The maximum atomic E-state index is 13.2. The van der Waals surface area contributed by atoms with Crippen LogP contribution in [0.2, 0.25) is 5.28 Å². The summed E-state index contributed by atoms with van der Waals surface area (Å²) in [5.74, 6) is 0.204. The monoisotopic (exact) mass is 302 g/mol. The van der Waals surface area contributed by atoms with Crippen LogP contribution in [0.15, 0.2) is 34.9 Å². The third-order valence-electron chi connectivity index (χ3n) is 1.71. The van der Waals surface area contributed by atoms with Gasteiger partial charge in [0.05, 0.1) is 4.47 Å². The van der Waals surface area contributed by atoms with E-state index in [9.17, 15) is 4.39 Å². The van der Waals surface area contributed by atoms with Gasteiger partial charge in [-0.15, -0.1) is 0 Å². The molecule has 0 spiro atoms. The largest absolute Gasteiger partial charge is 0.439 e. The van der Waals surface area contributed by atoms with Crippen LogP contribution < -0.4 is 4.74 Å². The molecule has 0 N–H and O–H groups in total. The Morgan fingerprint density at radius 2 is 2.12 bits per heavy atom. The summed E-state index contributed by atoms with van der Waals surface area (Å²) in [4.78, 5) is 7.52. The van der Waals surface area contributed by atoms with Crippen LogP contribution in [-0.2, 0) is 0 Å². The topological polar surface area (TPSA) is 35.0 Å². The zero-order chi connectivity index (χ0) is 11.5. The zero-order valence-corrected chi connectivity index (χ0v) is 10.2. The molecule has 0 aliphatic rings. The van der Waals surface area contributed by atoms with Gasteiger partial charge < -0.3 is 4.74 Å². The Kier molecular flexibility index (Phi) is 3.36. The molecule has 2 rings (SSSR count). The molecule has 82 valence electrons. The van der Waals surface area contributed by atoms with E-state index in [0.29, 0.717) is 10.2 Å². The van der Waals surface area contributed by atoms with Crippen molar-refractivity contribution in [3.05, 3.63) is 46.0 Å². The van der Waals surface area contributed by atoms with Crippen molar-refractivity contribution < 1.29 is 9.13 Å². The predicted octanol–water partition coefficient (Wildman–Crippen LogP) is 3.82. The first-order valence-electron chi connectivity index (χ1n) is 4.26. The number of hydrogen-bond acceptors (Lipinski definition) is 3. The van der Waals surface area contributed by atoms with Crippen LogP contribution in [0.4, 0.5) is 4.39 Å². The summed E-state index contributed by atoms with van der Waals surface area (Å²) in [6.07, 6.45) is 1.46. The highest BCUT2D eigenvalue weighted by molar-refractivity contribution is 9.10. The molecule has 1 aromatic carbocycles. The summed E-state index contributed by atoms with van der Waals surface area (Å²) in [5.41, 5.74) is 0. The zero-order valence-electron chi connectivity index (χ0n) is 7.82. The van der Waals surface area contributed by atoms with Gasteiger partial charge in [-0.3, -0.25) is 0 Å². The van der Waals surface area contributed by atoms with Gasteiger partial charge in [-0.2, -0.15) is 4.98 Å². The number of benzene rings is 1. The van der Waals surface area contributed by atoms with E-state index in [1.807, 2.05) is 0 Å². The van der Waals surface area contributed by atoms with Gasteiger partial charge in [0, 0.05) is 18.3 Å². The second-order valence-corrected chi connectivity index (χ2v) is 4.03. The molecule has 0 aliphatic carbocycles. The Morgan fingerprint density at radius 3 is 2.81 bits per heavy atom. The lowest BCUT2D eigenvalue weighted by Gasteiger charge is -2.04. The number of nitrogens with zero attached hydrogens (tertiary/aromatic N) is 2. The van der Waals surface area contributed by atoms with Crippen molar-refractivity contribution >= 4 is 27.5 Å². The first kappa shape index (κ1) is 11.3. The summed E-state index contributed by atoms with van der Waals surface area (Å²) in [6, 6.07) is 5.95. The Morgan fingerprint density at radius 1 is 1.31 bits per heavy atom. The van der Waals surface area contributed by atoms with Crippen LogP contribution in [0, 0.1) is 5.82 Å². The molecule has 0 atom stereocenters. The molecule has 3 nitrogen and oxygen atoms in total. The summed E-state index contributed by atoms with van der Waals surface area (Å²) < 4.78 is 18.8. The highest BCUT2D eigenvalue weighted by atomic mass is 79.9. The van der Waals surface area contributed by atoms with Gasteiger partial charge in [-0.25, -0.2) is 9.37 Å². The lowest BCUT2D eigenvalue weighted by atomic mass is 10.3. The van der Waals surface area contributed by atoms with Crippen LogP contribution >= 0.6 is 27.5 Å². The Bertz CT molecular complexity index is 524. The summed E-state index contributed by atoms with van der Waals surface area (Å²) in [5, 5.41) is 0.0788. The van der Waals surface area contributed by atoms with Gasteiger partial charge in [-0.1, -0.05) is 0 Å². The molecule has 0 bridgehead atoms. The number of hydrogen-bond donors (Lipinski definition) is 0.